The van der Waals surface area contributed by atoms with Gasteiger partial charge in [0.25, 0.3) is 5.56 Å². The van der Waals surface area contributed by atoms with Crippen molar-refractivity contribution in [1.82, 2.24) is 9.97 Å². The summed E-state index contributed by atoms with van der Waals surface area (Å²) in [7, 11) is 0. The second kappa shape index (κ2) is 6.35. The monoisotopic (exact) mass is 300 g/mol. The van der Waals surface area contributed by atoms with Gasteiger partial charge in [-0.3, -0.25) is 14.8 Å². The second-order valence-electron chi connectivity index (χ2n) is 4.22. The van der Waals surface area contributed by atoms with E-state index in [4.69, 9.17) is 10.8 Å². The van der Waals surface area contributed by atoms with Gasteiger partial charge >= 0.3 is 11.7 Å². The molecule has 0 saturated carbocycles. The van der Waals surface area contributed by atoms with Gasteiger partial charge in [0.1, 0.15) is 11.5 Å². The predicted octanol–water partition coefficient (Wildman–Crippen LogP) is 0.516. The van der Waals surface area contributed by atoms with Crippen LogP contribution in [0, 0.1) is 0 Å². The fourth-order valence-electron chi connectivity index (χ4n) is 1.62. The van der Waals surface area contributed by atoms with Gasteiger partial charge in [-0.15, -0.1) is 0 Å². The van der Waals surface area contributed by atoms with Gasteiger partial charge < -0.3 is 10.8 Å². The number of nitrogens with one attached hydrogen (secondary N) is 2. The molecule has 8 heteroatoms. The van der Waals surface area contributed by atoms with Gasteiger partial charge in [0, 0.05) is 0 Å². The summed E-state index contributed by atoms with van der Waals surface area (Å²) >= 11 is 0. The summed E-state index contributed by atoms with van der Waals surface area (Å²) in [5.74, 6) is -1.64. The van der Waals surface area contributed by atoms with E-state index in [0.717, 1.165) is 5.56 Å². The predicted molar refractivity (Wildman–Crippen MR) is 82.3 cm³/mol. The molecule has 0 spiro atoms. The van der Waals surface area contributed by atoms with E-state index in [2.05, 4.69) is 9.98 Å². The number of aromatic amines is 2. The van der Waals surface area contributed by atoms with E-state index in [0.29, 0.717) is 0 Å². The Balaban J connectivity index is 2.45. The van der Waals surface area contributed by atoms with Crippen LogP contribution in [0.3, 0.4) is 0 Å². The third kappa shape index (κ3) is 3.57. The minimum atomic E-state index is -1.34. The molecule has 2 rings (SSSR count). The summed E-state index contributed by atoms with van der Waals surface area (Å²) in [5, 5.41) is 9.14. The first kappa shape index (κ1) is 15.0. The van der Waals surface area contributed by atoms with Crippen molar-refractivity contribution in [1.29, 1.82) is 0 Å². The van der Waals surface area contributed by atoms with Crippen molar-refractivity contribution in [3.05, 3.63) is 62.8 Å². The van der Waals surface area contributed by atoms with Crippen LogP contribution in [0.25, 0.3) is 6.08 Å². The van der Waals surface area contributed by atoms with E-state index in [1.807, 2.05) is 11.1 Å². The number of carbonyl (C=O) groups is 1. The number of carboxylic acids is 1. The molecule has 1 heterocycles. The van der Waals surface area contributed by atoms with Crippen LogP contribution in [0.2, 0.25) is 0 Å². The Morgan fingerprint density at radius 3 is 2.45 bits per heavy atom. The van der Waals surface area contributed by atoms with E-state index in [9.17, 15) is 14.4 Å². The van der Waals surface area contributed by atoms with Crippen molar-refractivity contribution in [3.63, 3.8) is 0 Å². The molecular formula is C14H12N4O4. The number of rotatable bonds is 4. The van der Waals surface area contributed by atoms with Crippen molar-refractivity contribution in [2.75, 3.05) is 5.73 Å². The summed E-state index contributed by atoms with van der Waals surface area (Å²) in [4.78, 5) is 41.6. The van der Waals surface area contributed by atoms with E-state index < -0.39 is 22.9 Å². The van der Waals surface area contributed by atoms with Crippen LogP contribution in [-0.4, -0.2) is 26.8 Å². The molecule has 0 radical (unpaired) electrons. The summed E-state index contributed by atoms with van der Waals surface area (Å²) in [6.45, 7) is 0. The number of aliphatic carboxylic acids is 1. The third-order valence-corrected chi connectivity index (χ3v) is 2.63. The smallest absolute Gasteiger partial charge is 0.354 e. The van der Waals surface area contributed by atoms with Crippen molar-refractivity contribution in [2.45, 2.75) is 0 Å². The molecule has 22 heavy (non-hydrogen) atoms. The molecule has 1 aromatic heterocycles. The Labute approximate surface area is 123 Å². The fourth-order valence-corrected chi connectivity index (χ4v) is 1.62. The Morgan fingerprint density at radius 2 is 1.86 bits per heavy atom. The first-order valence-electron chi connectivity index (χ1n) is 6.14. The van der Waals surface area contributed by atoms with Gasteiger partial charge in [-0.05, 0) is 11.6 Å². The zero-order valence-electron chi connectivity index (χ0n) is 11.2. The first-order valence-corrected chi connectivity index (χ1v) is 6.14. The standard InChI is InChI=1S/C14H12N4O4/c15-11-10(12(19)18-14(22)17-11)16-9(13(20)21)7-6-8-4-2-1-3-5-8/h1-7H,(H,20,21)(H4,15,17,18,19,22)/b7-6+,16-9?. The van der Waals surface area contributed by atoms with E-state index in [1.54, 1.807) is 24.3 Å². The highest BCUT2D eigenvalue weighted by atomic mass is 16.4. The minimum absolute atomic E-state index is 0.305. The topological polar surface area (TPSA) is 141 Å². The number of aromatic nitrogens is 2. The average Bonchev–Trinajstić information content (AvgIpc) is 2.46. The largest absolute Gasteiger partial charge is 0.477 e. The van der Waals surface area contributed by atoms with Crippen LogP contribution >= 0.6 is 0 Å². The molecule has 112 valence electrons. The zero-order valence-corrected chi connectivity index (χ0v) is 11.2. The average molecular weight is 300 g/mol. The van der Waals surface area contributed by atoms with Crippen LogP contribution in [0.15, 0.2) is 51.0 Å². The fraction of sp³-hybridized carbons (Fsp3) is 0. The summed E-state index contributed by atoms with van der Waals surface area (Å²) in [6, 6.07) is 8.96. The number of nitrogens with two attached hydrogens (primary N) is 1. The maximum atomic E-state index is 11.6. The van der Waals surface area contributed by atoms with Crippen LogP contribution in [-0.2, 0) is 4.79 Å². The second-order valence-corrected chi connectivity index (χ2v) is 4.22. The molecule has 0 saturated heterocycles. The number of nitrogen functional groups attached to an aromatic ring is 1. The van der Waals surface area contributed by atoms with Crippen LogP contribution in [0.5, 0.6) is 0 Å². The number of hydrogen-bond acceptors (Lipinski definition) is 5. The highest BCUT2D eigenvalue weighted by Gasteiger charge is 2.11. The molecule has 0 bridgehead atoms. The molecule has 0 unspecified atom stereocenters. The van der Waals surface area contributed by atoms with Gasteiger partial charge in [0.2, 0.25) is 0 Å². The molecule has 5 N–H and O–H groups in total. The number of aliphatic imine (C=N–C) groups is 1. The number of nitrogens with zero attached hydrogens (tertiary/aromatic N) is 1. The van der Waals surface area contributed by atoms with Crippen molar-refractivity contribution in [2.24, 2.45) is 4.99 Å². The lowest BCUT2D eigenvalue weighted by Crippen LogP contribution is -2.24. The van der Waals surface area contributed by atoms with E-state index in [-0.39, 0.29) is 11.5 Å². The molecule has 0 aliphatic heterocycles. The SMILES string of the molecule is Nc1[nH]c(=O)[nH]c(=O)c1N=C(/C=C/c1ccccc1)C(=O)O. The van der Waals surface area contributed by atoms with Gasteiger partial charge in [-0.2, -0.15) is 0 Å². The van der Waals surface area contributed by atoms with Crippen LogP contribution in [0.1, 0.15) is 5.56 Å². The Hall–Kier alpha value is -3.42. The van der Waals surface area contributed by atoms with Gasteiger partial charge in [-0.25, -0.2) is 14.6 Å². The Bertz CT molecular complexity index is 862. The third-order valence-electron chi connectivity index (χ3n) is 2.63. The van der Waals surface area contributed by atoms with Crippen LogP contribution in [0.4, 0.5) is 11.5 Å². The molecule has 8 nitrogen and oxygen atoms in total. The number of H-pyrrole nitrogens is 2. The molecule has 1 aromatic carbocycles. The van der Waals surface area contributed by atoms with Gasteiger partial charge in [0.15, 0.2) is 5.69 Å². The molecule has 0 aliphatic carbocycles. The summed E-state index contributed by atoms with van der Waals surface area (Å²) in [5.41, 5.74) is 3.82. The maximum Gasteiger partial charge on any atom is 0.354 e. The normalized spacial score (nSPS) is 11.7. The zero-order chi connectivity index (χ0) is 16.1. The minimum Gasteiger partial charge on any atom is -0.477 e. The molecular weight excluding hydrogens is 288 g/mol. The Morgan fingerprint density at radius 1 is 1.18 bits per heavy atom. The quantitative estimate of drug-likeness (QED) is 0.609. The molecule has 0 amide bonds. The number of carboxylic acid groups (broad SMARTS) is 1. The maximum absolute atomic E-state index is 11.6. The lowest BCUT2D eigenvalue weighted by Gasteiger charge is -1.99. The number of benzene rings is 1. The highest BCUT2D eigenvalue weighted by Crippen LogP contribution is 2.12. The van der Waals surface area contributed by atoms with Crippen molar-refractivity contribution >= 4 is 29.3 Å². The lowest BCUT2D eigenvalue weighted by molar-refractivity contribution is -0.129. The lowest BCUT2D eigenvalue weighted by atomic mass is 10.2. The molecule has 0 atom stereocenters. The molecule has 0 fully saturated rings. The van der Waals surface area contributed by atoms with E-state index in [1.165, 1.54) is 12.2 Å². The molecule has 0 aliphatic rings. The van der Waals surface area contributed by atoms with Crippen LogP contribution < -0.4 is 17.0 Å². The first-order chi connectivity index (χ1) is 10.5. The summed E-state index contributed by atoms with van der Waals surface area (Å²) < 4.78 is 0. The Kier molecular flexibility index (Phi) is 4.33. The van der Waals surface area contributed by atoms with Crippen molar-refractivity contribution in [3.8, 4) is 0 Å². The highest BCUT2D eigenvalue weighted by molar-refractivity contribution is 6.41. The van der Waals surface area contributed by atoms with E-state index >= 15 is 0 Å². The van der Waals surface area contributed by atoms with Gasteiger partial charge in [-0.1, -0.05) is 36.4 Å². The van der Waals surface area contributed by atoms with Crippen molar-refractivity contribution < 1.29 is 9.90 Å². The number of hydrogen-bond donors (Lipinski definition) is 4. The molecule has 2 aromatic rings. The van der Waals surface area contributed by atoms with Gasteiger partial charge in [0.05, 0.1) is 0 Å². The summed E-state index contributed by atoms with van der Waals surface area (Å²) in [6.07, 6.45) is 2.77. The number of anilines is 1.